The number of hydrogen-bond acceptors (Lipinski definition) is 2. The second-order valence-corrected chi connectivity index (χ2v) is 3.82. The van der Waals surface area contributed by atoms with Crippen LogP contribution in [0.4, 0.5) is 8.78 Å². The normalized spacial score (nSPS) is 19.9. The number of benzene rings is 1. The molecule has 0 radical (unpaired) electrons. The summed E-state index contributed by atoms with van der Waals surface area (Å²) in [5.41, 5.74) is 0.403. The molecule has 5 heteroatoms. The van der Waals surface area contributed by atoms with E-state index in [0.29, 0.717) is 25.1 Å². The Morgan fingerprint density at radius 3 is 2.88 bits per heavy atom. The molecule has 1 atom stereocenters. The molecule has 0 aliphatic carbocycles. The molecule has 1 unspecified atom stereocenters. The summed E-state index contributed by atoms with van der Waals surface area (Å²) >= 11 is 0. The molecular weight excluding hydrogens is 214 g/mol. The van der Waals surface area contributed by atoms with Crippen molar-refractivity contribution in [2.75, 3.05) is 6.54 Å². The molecule has 0 spiro atoms. The summed E-state index contributed by atoms with van der Waals surface area (Å²) in [7, 11) is 0. The zero-order valence-electron chi connectivity index (χ0n) is 8.59. The average Bonchev–Trinajstić information content (AvgIpc) is 2.63. The van der Waals surface area contributed by atoms with Gasteiger partial charge >= 0.3 is 0 Å². The van der Waals surface area contributed by atoms with Gasteiger partial charge in [0.05, 0.1) is 0 Å². The molecule has 1 aromatic carbocycles. The van der Waals surface area contributed by atoms with Crippen LogP contribution in [0.15, 0.2) is 18.2 Å². The second kappa shape index (κ2) is 4.57. The fourth-order valence-electron chi connectivity index (χ4n) is 1.67. The SMILES string of the molecule is O=C1CC(NCc2ccc(F)cc2F)CN1. The largest absolute Gasteiger partial charge is 0.354 e. The molecule has 2 rings (SSSR count). The van der Waals surface area contributed by atoms with E-state index in [1.54, 1.807) is 0 Å². The van der Waals surface area contributed by atoms with Crippen LogP contribution in [0.1, 0.15) is 12.0 Å². The van der Waals surface area contributed by atoms with Gasteiger partial charge in [0.2, 0.25) is 5.91 Å². The van der Waals surface area contributed by atoms with Gasteiger partial charge in [-0.15, -0.1) is 0 Å². The van der Waals surface area contributed by atoms with E-state index in [4.69, 9.17) is 0 Å². The van der Waals surface area contributed by atoms with Gasteiger partial charge in [0, 0.05) is 37.2 Å². The number of amides is 1. The number of halogens is 2. The molecule has 1 fully saturated rings. The Morgan fingerprint density at radius 2 is 2.25 bits per heavy atom. The standard InChI is InChI=1S/C11H12F2N2O/c12-8-2-1-7(10(13)3-8)5-14-9-4-11(16)15-6-9/h1-3,9,14H,4-6H2,(H,15,16). The van der Waals surface area contributed by atoms with Crippen molar-refractivity contribution in [3.63, 3.8) is 0 Å². The van der Waals surface area contributed by atoms with Gasteiger partial charge in [-0.05, 0) is 6.07 Å². The predicted molar refractivity (Wildman–Crippen MR) is 54.6 cm³/mol. The summed E-state index contributed by atoms with van der Waals surface area (Å²) in [5.74, 6) is -1.15. The molecule has 1 aromatic rings. The van der Waals surface area contributed by atoms with Crippen molar-refractivity contribution < 1.29 is 13.6 Å². The first kappa shape index (κ1) is 11.0. The van der Waals surface area contributed by atoms with Crippen LogP contribution in [0, 0.1) is 11.6 Å². The van der Waals surface area contributed by atoms with Crippen molar-refractivity contribution in [2.45, 2.75) is 19.0 Å². The number of nitrogens with one attached hydrogen (secondary N) is 2. The maximum atomic E-state index is 13.2. The van der Waals surface area contributed by atoms with E-state index in [0.717, 1.165) is 6.07 Å². The quantitative estimate of drug-likeness (QED) is 0.805. The Kier molecular flexibility index (Phi) is 3.14. The molecule has 1 aliphatic rings. The van der Waals surface area contributed by atoms with Crippen molar-refractivity contribution in [3.8, 4) is 0 Å². The molecule has 2 N–H and O–H groups in total. The minimum Gasteiger partial charge on any atom is -0.354 e. The molecule has 16 heavy (non-hydrogen) atoms. The van der Waals surface area contributed by atoms with Crippen LogP contribution in [0.2, 0.25) is 0 Å². The van der Waals surface area contributed by atoms with Crippen LogP contribution in [-0.2, 0) is 11.3 Å². The highest BCUT2D eigenvalue weighted by Gasteiger charge is 2.20. The molecule has 1 heterocycles. The number of carbonyl (C=O) groups excluding carboxylic acids is 1. The van der Waals surface area contributed by atoms with Gasteiger partial charge in [-0.3, -0.25) is 4.79 Å². The Hall–Kier alpha value is -1.49. The first-order valence-electron chi connectivity index (χ1n) is 5.09. The number of rotatable bonds is 3. The van der Waals surface area contributed by atoms with Crippen molar-refractivity contribution in [2.24, 2.45) is 0 Å². The minimum atomic E-state index is -0.584. The van der Waals surface area contributed by atoms with E-state index in [2.05, 4.69) is 10.6 Å². The number of carbonyl (C=O) groups is 1. The minimum absolute atomic E-state index is 0.00271. The summed E-state index contributed by atoms with van der Waals surface area (Å²) < 4.78 is 25.9. The van der Waals surface area contributed by atoms with Gasteiger partial charge in [0.1, 0.15) is 11.6 Å². The van der Waals surface area contributed by atoms with E-state index >= 15 is 0 Å². The lowest BCUT2D eigenvalue weighted by Gasteiger charge is -2.10. The van der Waals surface area contributed by atoms with E-state index in [1.807, 2.05) is 0 Å². The number of hydrogen-bond donors (Lipinski definition) is 2. The molecule has 1 saturated heterocycles. The topological polar surface area (TPSA) is 41.1 Å². The molecule has 0 bridgehead atoms. The average molecular weight is 226 g/mol. The third-order valence-electron chi connectivity index (χ3n) is 2.57. The van der Waals surface area contributed by atoms with Crippen LogP contribution in [0.5, 0.6) is 0 Å². The summed E-state index contributed by atoms with van der Waals surface area (Å²) in [6, 6.07) is 3.51. The third kappa shape index (κ3) is 2.55. The fraction of sp³-hybridized carbons (Fsp3) is 0.364. The van der Waals surface area contributed by atoms with Gasteiger partial charge in [0.15, 0.2) is 0 Å². The van der Waals surface area contributed by atoms with Gasteiger partial charge in [-0.2, -0.15) is 0 Å². The highest BCUT2D eigenvalue weighted by atomic mass is 19.1. The van der Waals surface area contributed by atoms with E-state index in [-0.39, 0.29) is 11.9 Å². The summed E-state index contributed by atoms with van der Waals surface area (Å²) in [6.07, 6.45) is 0.406. The lowest BCUT2D eigenvalue weighted by atomic mass is 10.2. The third-order valence-corrected chi connectivity index (χ3v) is 2.57. The maximum absolute atomic E-state index is 13.2. The van der Waals surface area contributed by atoms with Gasteiger partial charge in [0.25, 0.3) is 0 Å². The summed E-state index contributed by atoms with van der Waals surface area (Å²) in [5, 5.41) is 5.72. The van der Waals surface area contributed by atoms with Gasteiger partial charge < -0.3 is 10.6 Å². The van der Waals surface area contributed by atoms with Crippen LogP contribution in [-0.4, -0.2) is 18.5 Å². The lowest BCUT2D eigenvalue weighted by Crippen LogP contribution is -2.30. The van der Waals surface area contributed by atoms with E-state index < -0.39 is 11.6 Å². The zero-order valence-corrected chi connectivity index (χ0v) is 8.59. The maximum Gasteiger partial charge on any atom is 0.221 e. The Morgan fingerprint density at radius 1 is 1.44 bits per heavy atom. The van der Waals surface area contributed by atoms with Crippen LogP contribution in [0.3, 0.4) is 0 Å². The van der Waals surface area contributed by atoms with Crippen molar-refractivity contribution in [1.29, 1.82) is 0 Å². The zero-order chi connectivity index (χ0) is 11.5. The van der Waals surface area contributed by atoms with Crippen LogP contribution >= 0.6 is 0 Å². The molecule has 1 aliphatic heterocycles. The monoisotopic (exact) mass is 226 g/mol. The first-order valence-corrected chi connectivity index (χ1v) is 5.09. The van der Waals surface area contributed by atoms with Crippen molar-refractivity contribution in [1.82, 2.24) is 10.6 Å². The van der Waals surface area contributed by atoms with Gasteiger partial charge in [-0.1, -0.05) is 6.07 Å². The first-order chi connectivity index (χ1) is 7.65. The van der Waals surface area contributed by atoms with Crippen LogP contribution in [0.25, 0.3) is 0 Å². The van der Waals surface area contributed by atoms with E-state index in [1.165, 1.54) is 12.1 Å². The molecule has 0 saturated carbocycles. The second-order valence-electron chi connectivity index (χ2n) is 3.82. The molecule has 3 nitrogen and oxygen atoms in total. The molecular formula is C11H12F2N2O. The predicted octanol–water partition coefficient (Wildman–Crippen LogP) is 0.943. The fourth-order valence-corrected chi connectivity index (χ4v) is 1.67. The highest BCUT2D eigenvalue weighted by Crippen LogP contribution is 2.10. The lowest BCUT2D eigenvalue weighted by molar-refractivity contribution is -0.119. The molecule has 1 amide bonds. The van der Waals surface area contributed by atoms with Crippen molar-refractivity contribution >= 4 is 5.91 Å². The Bertz CT molecular complexity index is 409. The van der Waals surface area contributed by atoms with E-state index in [9.17, 15) is 13.6 Å². The smallest absolute Gasteiger partial charge is 0.221 e. The van der Waals surface area contributed by atoms with Gasteiger partial charge in [-0.25, -0.2) is 8.78 Å². The molecule has 86 valence electrons. The summed E-state index contributed by atoms with van der Waals surface area (Å²) in [6.45, 7) is 0.855. The van der Waals surface area contributed by atoms with Crippen molar-refractivity contribution in [3.05, 3.63) is 35.4 Å². The van der Waals surface area contributed by atoms with Crippen LogP contribution < -0.4 is 10.6 Å². The highest BCUT2D eigenvalue weighted by molar-refractivity contribution is 5.78. The summed E-state index contributed by atoms with van der Waals surface area (Å²) in [4.78, 5) is 10.9. The Balaban J connectivity index is 1.92. The Labute approximate surface area is 91.8 Å². The molecule has 0 aromatic heterocycles.